The second-order valence-corrected chi connectivity index (χ2v) is 2.78. The van der Waals surface area contributed by atoms with Gasteiger partial charge in [0.1, 0.15) is 0 Å². The molecule has 0 aromatic carbocycles. The topological polar surface area (TPSA) is 12.4 Å². The van der Waals surface area contributed by atoms with Gasteiger partial charge in [-0.2, -0.15) is 0 Å². The first-order valence-corrected chi connectivity index (χ1v) is 4.39. The lowest BCUT2D eigenvalue weighted by Gasteiger charge is -1.87. The highest BCUT2D eigenvalue weighted by Gasteiger charge is 1.76. The van der Waals surface area contributed by atoms with Crippen molar-refractivity contribution >= 4 is 18.0 Å². The van der Waals surface area contributed by atoms with Gasteiger partial charge in [-0.05, 0) is 31.1 Å². The molecular weight excluding hydrogens is 142 g/mol. The molecule has 0 spiro atoms. The van der Waals surface area contributed by atoms with Gasteiger partial charge in [0.2, 0.25) is 0 Å². The predicted octanol–water partition coefficient (Wildman–Crippen LogP) is 2.86. The first-order valence-electron chi connectivity index (χ1n) is 3.16. The van der Waals surface area contributed by atoms with Crippen LogP contribution in [0, 0.1) is 0 Å². The van der Waals surface area contributed by atoms with Crippen molar-refractivity contribution in [2.45, 2.75) is 13.8 Å². The molecule has 0 unspecified atom stereocenters. The molecule has 0 saturated carbocycles. The van der Waals surface area contributed by atoms with E-state index in [2.05, 4.69) is 18.2 Å². The smallest absolute Gasteiger partial charge is 0.0264 e. The van der Waals surface area contributed by atoms with E-state index in [4.69, 9.17) is 0 Å². The molecule has 1 nitrogen and oxygen atoms in total. The van der Waals surface area contributed by atoms with Crippen LogP contribution in [0.5, 0.6) is 0 Å². The van der Waals surface area contributed by atoms with Gasteiger partial charge in [-0.1, -0.05) is 6.08 Å². The Morgan fingerprint density at radius 1 is 1.50 bits per heavy atom. The highest BCUT2D eigenvalue weighted by molar-refractivity contribution is 8.02. The minimum Gasteiger partial charge on any atom is -0.269 e. The van der Waals surface area contributed by atoms with Crippen LogP contribution in [-0.2, 0) is 0 Å². The van der Waals surface area contributed by atoms with Crippen LogP contribution in [0.1, 0.15) is 13.8 Å². The van der Waals surface area contributed by atoms with E-state index in [9.17, 15) is 0 Å². The summed E-state index contributed by atoms with van der Waals surface area (Å²) >= 11 is 1.74. The van der Waals surface area contributed by atoms with Crippen LogP contribution in [0.4, 0.5) is 0 Å². The predicted molar refractivity (Wildman–Crippen MR) is 50.6 cm³/mol. The van der Waals surface area contributed by atoms with Crippen LogP contribution < -0.4 is 0 Å². The standard InChI is InChI=1S/C8H13NS/c1-4-9-7-5-6-8(2)10-3/h4-7H,1-3H3/b7-5-,8-6+,9-4?. The molecule has 0 saturated heterocycles. The Kier molecular flexibility index (Phi) is 6.29. The second kappa shape index (κ2) is 6.62. The molecule has 0 radical (unpaired) electrons. The van der Waals surface area contributed by atoms with E-state index >= 15 is 0 Å². The van der Waals surface area contributed by atoms with Crippen molar-refractivity contribution in [3.63, 3.8) is 0 Å². The highest BCUT2D eigenvalue weighted by Crippen LogP contribution is 2.08. The number of hydrogen-bond donors (Lipinski definition) is 0. The van der Waals surface area contributed by atoms with Gasteiger partial charge >= 0.3 is 0 Å². The van der Waals surface area contributed by atoms with Crippen molar-refractivity contribution in [1.29, 1.82) is 0 Å². The average molecular weight is 155 g/mol. The van der Waals surface area contributed by atoms with Crippen molar-refractivity contribution in [2.75, 3.05) is 6.26 Å². The molecule has 0 heterocycles. The fraction of sp³-hybridized carbons (Fsp3) is 0.375. The summed E-state index contributed by atoms with van der Waals surface area (Å²) in [7, 11) is 0. The summed E-state index contributed by atoms with van der Waals surface area (Å²) in [5.41, 5.74) is 0. The lowest BCUT2D eigenvalue weighted by atomic mass is 10.5. The molecule has 0 N–H and O–H groups in total. The lowest BCUT2D eigenvalue weighted by molar-refractivity contribution is 1.56. The van der Waals surface area contributed by atoms with Crippen LogP contribution in [0.3, 0.4) is 0 Å². The number of rotatable bonds is 3. The highest BCUT2D eigenvalue weighted by atomic mass is 32.2. The van der Waals surface area contributed by atoms with Gasteiger partial charge in [-0.15, -0.1) is 11.8 Å². The molecule has 0 aromatic rings. The number of aliphatic imine (C=N–C) groups is 1. The van der Waals surface area contributed by atoms with Crippen LogP contribution in [0.15, 0.2) is 28.2 Å². The van der Waals surface area contributed by atoms with E-state index in [-0.39, 0.29) is 0 Å². The minimum atomic E-state index is 1.29. The molecule has 0 amide bonds. The van der Waals surface area contributed by atoms with Crippen molar-refractivity contribution < 1.29 is 0 Å². The quantitative estimate of drug-likeness (QED) is 0.451. The molecule has 10 heavy (non-hydrogen) atoms. The molecule has 2 heteroatoms. The molecule has 0 aliphatic rings. The van der Waals surface area contributed by atoms with Crippen LogP contribution in [0.2, 0.25) is 0 Å². The largest absolute Gasteiger partial charge is 0.269 e. The van der Waals surface area contributed by atoms with Crippen LogP contribution >= 0.6 is 11.8 Å². The van der Waals surface area contributed by atoms with Crippen LogP contribution in [-0.4, -0.2) is 12.5 Å². The maximum atomic E-state index is 3.92. The van der Waals surface area contributed by atoms with E-state index in [0.717, 1.165) is 0 Å². The van der Waals surface area contributed by atoms with Crippen LogP contribution in [0.25, 0.3) is 0 Å². The average Bonchev–Trinajstić information content (AvgIpc) is 1.98. The fourth-order valence-electron chi connectivity index (χ4n) is 0.382. The molecule has 0 aromatic heterocycles. The molecule has 0 aliphatic carbocycles. The monoisotopic (exact) mass is 155 g/mol. The van der Waals surface area contributed by atoms with Gasteiger partial charge < -0.3 is 0 Å². The number of nitrogens with zero attached hydrogens (tertiary/aromatic N) is 1. The van der Waals surface area contributed by atoms with Gasteiger partial charge in [-0.3, -0.25) is 4.99 Å². The van der Waals surface area contributed by atoms with Crippen molar-refractivity contribution in [3.05, 3.63) is 23.3 Å². The zero-order chi connectivity index (χ0) is 7.82. The van der Waals surface area contributed by atoms with E-state index in [0.29, 0.717) is 0 Å². The summed E-state index contributed by atoms with van der Waals surface area (Å²) in [5.74, 6) is 0. The maximum Gasteiger partial charge on any atom is 0.0264 e. The Hall–Kier alpha value is -0.500. The summed E-state index contributed by atoms with van der Waals surface area (Å²) in [6, 6.07) is 0. The zero-order valence-electron chi connectivity index (χ0n) is 6.66. The SMILES string of the molecule is CC=N/C=C\C=C(/C)SC. The third kappa shape index (κ3) is 5.63. The number of hydrogen-bond acceptors (Lipinski definition) is 2. The Morgan fingerprint density at radius 3 is 2.70 bits per heavy atom. The Bertz CT molecular complexity index is 157. The first-order chi connectivity index (χ1) is 4.81. The van der Waals surface area contributed by atoms with Gasteiger partial charge in [0.25, 0.3) is 0 Å². The summed E-state index contributed by atoms with van der Waals surface area (Å²) in [5, 5.41) is 0. The first kappa shape index (κ1) is 9.50. The van der Waals surface area contributed by atoms with E-state index in [1.807, 2.05) is 19.1 Å². The molecule has 0 rings (SSSR count). The van der Waals surface area contributed by atoms with Gasteiger partial charge in [-0.25, -0.2) is 0 Å². The summed E-state index contributed by atoms with van der Waals surface area (Å²) < 4.78 is 0. The van der Waals surface area contributed by atoms with Crippen molar-refractivity contribution in [3.8, 4) is 0 Å². The minimum absolute atomic E-state index is 1.29. The molecular formula is C8H13NS. The van der Waals surface area contributed by atoms with E-state index in [1.54, 1.807) is 24.2 Å². The molecule has 0 bridgehead atoms. The molecule has 0 aliphatic heterocycles. The third-order valence-corrected chi connectivity index (χ3v) is 1.75. The van der Waals surface area contributed by atoms with Crippen molar-refractivity contribution in [2.24, 2.45) is 4.99 Å². The third-order valence-electron chi connectivity index (χ3n) is 0.974. The maximum absolute atomic E-state index is 3.92. The number of allylic oxidation sites excluding steroid dienone is 3. The Morgan fingerprint density at radius 2 is 2.20 bits per heavy atom. The van der Waals surface area contributed by atoms with Gasteiger partial charge in [0, 0.05) is 12.4 Å². The van der Waals surface area contributed by atoms with Gasteiger partial charge in [0.15, 0.2) is 0 Å². The second-order valence-electron chi connectivity index (χ2n) is 1.73. The zero-order valence-corrected chi connectivity index (χ0v) is 7.48. The Balaban J connectivity index is 3.70. The summed E-state index contributed by atoms with van der Waals surface area (Å²) in [6.07, 6.45) is 9.57. The van der Waals surface area contributed by atoms with E-state index in [1.165, 1.54) is 4.91 Å². The lowest BCUT2D eigenvalue weighted by Crippen LogP contribution is -1.61. The molecule has 0 fully saturated rings. The summed E-state index contributed by atoms with van der Waals surface area (Å²) in [4.78, 5) is 5.21. The normalized spacial score (nSPS) is 13.7. The molecule has 56 valence electrons. The van der Waals surface area contributed by atoms with Gasteiger partial charge in [0.05, 0.1) is 0 Å². The fourth-order valence-corrected chi connectivity index (χ4v) is 0.597. The van der Waals surface area contributed by atoms with Crippen molar-refractivity contribution in [1.82, 2.24) is 0 Å². The summed E-state index contributed by atoms with van der Waals surface area (Å²) in [6.45, 7) is 3.97. The van der Waals surface area contributed by atoms with E-state index < -0.39 is 0 Å². The Labute approximate surface area is 66.9 Å². The number of thioether (sulfide) groups is 1. The molecule has 0 atom stereocenters.